The minimum atomic E-state index is -0.924. The van der Waals surface area contributed by atoms with E-state index in [-0.39, 0.29) is 16.2 Å². The van der Waals surface area contributed by atoms with Gasteiger partial charge in [0.2, 0.25) is 0 Å². The van der Waals surface area contributed by atoms with E-state index in [9.17, 15) is 4.79 Å². The largest absolute Gasteiger partial charge is 0.477 e. The van der Waals surface area contributed by atoms with E-state index in [1.807, 2.05) is 0 Å². The number of carbonyl (C=O) groups is 1. The van der Waals surface area contributed by atoms with Crippen molar-refractivity contribution in [3.05, 3.63) is 15.3 Å². The van der Waals surface area contributed by atoms with Crippen LogP contribution >= 0.6 is 11.3 Å². The molecule has 96 valence electrons. The number of carboxylic acids is 1. The monoisotopic (exact) mass is 255 g/mol. The number of nitrogens with two attached hydrogens (primary N) is 1. The lowest BCUT2D eigenvalue weighted by Gasteiger charge is -2.24. The van der Waals surface area contributed by atoms with Gasteiger partial charge in [0, 0.05) is 4.88 Å². The molecule has 0 atom stereocenters. The molecule has 0 aliphatic heterocycles. The van der Waals surface area contributed by atoms with Gasteiger partial charge in [0.25, 0.3) is 0 Å². The van der Waals surface area contributed by atoms with Crippen molar-refractivity contribution in [3.63, 3.8) is 0 Å². The molecule has 0 spiro atoms. The fourth-order valence-corrected chi connectivity index (χ4v) is 3.24. The first-order valence-electron chi connectivity index (χ1n) is 5.88. The smallest absolute Gasteiger partial charge is 0.348 e. The third-order valence-corrected chi connectivity index (χ3v) is 4.83. The molecule has 1 aromatic rings. The second-order valence-electron chi connectivity index (χ2n) is 5.28. The first-order valence-corrected chi connectivity index (χ1v) is 6.70. The Morgan fingerprint density at radius 3 is 2.35 bits per heavy atom. The zero-order chi connectivity index (χ0) is 13.4. The Morgan fingerprint density at radius 2 is 2.00 bits per heavy atom. The first kappa shape index (κ1) is 14.0. The number of rotatable bonds is 4. The summed E-state index contributed by atoms with van der Waals surface area (Å²) in [4.78, 5) is 12.6. The van der Waals surface area contributed by atoms with Gasteiger partial charge < -0.3 is 10.8 Å². The van der Waals surface area contributed by atoms with Gasteiger partial charge in [0.15, 0.2) is 0 Å². The molecule has 0 saturated heterocycles. The van der Waals surface area contributed by atoms with E-state index in [1.54, 1.807) is 0 Å². The molecule has 0 bridgehead atoms. The van der Waals surface area contributed by atoms with Crippen LogP contribution in [-0.2, 0) is 5.41 Å². The Morgan fingerprint density at radius 1 is 1.47 bits per heavy atom. The van der Waals surface area contributed by atoms with E-state index < -0.39 is 5.97 Å². The summed E-state index contributed by atoms with van der Waals surface area (Å²) in [7, 11) is 0. The van der Waals surface area contributed by atoms with Crippen LogP contribution in [0.15, 0.2) is 0 Å². The van der Waals surface area contributed by atoms with Gasteiger partial charge in [-0.05, 0) is 23.3 Å². The number of aromatic carboxylic acids is 1. The highest BCUT2D eigenvalue weighted by Gasteiger charge is 2.30. The lowest BCUT2D eigenvalue weighted by molar-refractivity contribution is 0.0703. The van der Waals surface area contributed by atoms with Crippen molar-refractivity contribution in [1.82, 2.24) is 0 Å². The summed E-state index contributed by atoms with van der Waals surface area (Å²) in [5.74, 6) is -0.673. The molecular weight excluding hydrogens is 234 g/mol. The Kier molecular flexibility index (Phi) is 3.87. The van der Waals surface area contributed by atoms with Crippen molar-refractivity contribution in [2.24, 2.45) is 0 Å². The molecule has 0 saturated carbocycles. The van der Waals surface area contributed by atoms with E-state index in [2.05, 4.69) is 34.6 Å². The number of hydrogen-bond donors (Lipinski definition) is 2. The van der Waals surface area contributed by atoms with Gasteiger partial charge in [-0.25, -0.2) is 4.79 Å². The van der Waals surface area contributed by atoms with E-state index in [0.717, 1.165) is 16.9 Å². The van der Waals surface area contributed by atoms with Gasteiger partial charge in [0.05, 0.1) is 5.69 Å². The molecule has 0 unspecified atom stereocenters. The molecule has 0 amide bonds. The lowest BCUT2D eigenvalue weighted by Crippen LogP contribution is -2.16. The highest BCUT2D eigenvalue weighted by Crippen LogP contribution is 2.43. The Balaban J connectivity index is 3.50. The maximum Gasteiger partial charge on any atom is 0.348 e. The molecule has 4 heteroatoms. The second kappa shape index (κ2) is 4.69. The van der Waals surface area contributed by atoms with Gasteiger partial charge in [-0.2, -0.15) is 0 Å². The van der Waals surface area contributed by atoms with Crippen molar-refractivity contribution in [2.45, 2.75) is 52.4 Å². The van der Waals surface area contributed by atoms with Gasteiger partial charge in [-0.3, -0.25) is 0 Å². The zero-order valence-electron chi connectivity index (χ0n) is 11.1. The number of anilines is 1. The Bertz CT molecular complexity index is 433. The SMILES string of the molecule is CCC(C)(C)c1sc(C(=O)O)c(N)c1C(C)C. The third-order valence-electron chi connectivity index (χ3n) is 3.25. The third kappa shape index (κ3) is 2.46. The molecule has 0 aromatic carbocycles. The Hall–Kier alpha value is -1.03. The van der Waals surface area contributed by atoms with Crippen LogP contribution in [0.2, 0.25) is 0 Å². The summed E-state index contributed by atoms with van der Waals surface area (Å²) in [5.41, 5.74) is 7.43. The van der Waals surface area contributed by atoms with Crippen LogP contribution in [0.1, 0.15) is 67.1 Å². The van der Waals surface area contributed by atoms with Crippen LogP contribution in [0.25, 0.3) is 0 Å². The number of carboxylic acid groups (broad SMARTS) is 1. The van der Waals surface area contributed by atoms with E-state index in [4.69, 9.17) is 10.8 Å². The summed E-state index contributed by atoms with van der Waals surface area (Å²) in [6, 6.07) is 0. The molecule has 0 radical (unpaired) electrons. The van der Waals surface area contributed by atoms with Crippen molar-refractivity contribution in [1.29, 1.82) is 0 Å². The molecule has 17 heavy (non-hydrogen) atoms. The van der Waals surface area contributed by atoms with Crippen molar-refractivity contribution < 1.29 is 9.90 Å². The van der Waals surface area contributed by atoms with Crippen LogP contribution in [0.5, 0.6) is 0 Å². The first-order chi connectivity index (χ1) is 7.72. The molecule has 0 aliphatic rings. The van der Waals surface area contributed by atoms with Crippen molar-refractivity contribution in [3.8, 4) is 0 Å². The van der Waals surface area contributed by atoms with Crippen LogP contribution in [0.4, 0.5) is 5.69 Å². The summed E-state index contributed by atoms with van der Waals surface area (Å²) >= 11 is 1.33. The van der Waals surface area contributed by atoms with E-state index >= 15 is 0 Å². The summed E-state index contributed by atoms with van der Waals surface area (Å²) in [6.07, 6.45) is 0.964. The second-order valence-corrected chi connectivity index (χ2v) is 6.31. The van der Waals surface area contributed by atoms with Gasteiger partial charge >= 0.3 is 5.97 Å². The average molecular weight is 255 g/mol. The van der Waals surface area contributed by atoms with Crippen molar-refractivity contribution >= 4 is 23.0 Å². The molecule has 1 rings (SSSR count). The van der Waals surface area contributed by atoms with Crippen LogP contribution in [0.3, 0.4) is 0 Å². The predicted molar refractivity (Wildman–Crippen MR) is 73.1 cm³/mol. The minimum Gasteiger partial charge on any atom is -0.477 e. The van der Waals surface area contributed by atoms with E-state index in [0.29, 0.717) is 5.69 Å². The maximum absolute atomic E-state index is 11.2. The predicted octanol–water partition coefficient (Wildman–Crippen LogP) is 3.84. The topological polar surface area (TPSA) is 63.3 Å². The van der Waals surface area contributed by atoms with Gasteiger partial charge in [0.1, 0.15) is 4.88 Å². The normalized spacial score (nSPS) is 12.1. The maximum atomic E-state index is 11.2. The fourth-order valence-electron chi connectivity index (χ4n) is 1.85. The molecule has 0 fully saturated rings. The number of thiophene rings is 1. The van der Waals surface area contributed by atoms with Crippen LogP contribution in [-0.4, -0.2) is 11.1 Å². The quantitative estimate of drug-likeness (QED) is 0.859. The standard InChI is InChI=1S/C13H21NO2S/c1-6-13(4,5)11-8(7(2)3)9(14)10(17-11)12(15)16/h7H,6,14H2,1-5H3,(H,15,16). The van der Waals surface area contributed by atoms with Gasteiger partial charge in [-0.1, -0.05) is 34.6 Å². The fraction of sp³-hybridized carbons (Fsp3) is 0.615. The molecule has 3 N–H and O–H groups in total. The van der Waals surface area contributed by atoms with Crippen LogP contribution < -0.4 is 5.73 Å². The average Bonchev–Trinajstić information content (AvgIpc) is 2.56. The Labute approximate surface area is 107 Å². The lowest BCUT2D eigenvalue weighted by atomic mass is 9.83. The zero-order valence-corrected chi connectivity index (χ0v) is 11.9. The highest BCUT2D eigenvalue weighted by molar-refractivity contribution is 7.15. The summed E-state index contributed by atoms with van der Waals surface area (Å²) in [5, 5.41) is 9.15. The summed E-state index contributed by atoms with van der Waals surface area (Å²) in [6.45, 7) is 10.5. The van der Waals surface area contributed by atoms with Crippen LogP contribution in [0, 0.1) is 0 Å². The minimum absolute atomic E-state index is 0.0217. The molecule has 0 aliphatic carbocycles. The highest BCUT2D eigenvalue weighted by atomic mass is 32.1. The number of hydrogen-bond acceptors (Lipinski definition) is 3. The van der Waals surface area contributed by atoms with Gasteiger partial charge in [-0.15, -0.1) is 11.3 Å². The molecule has 1 aromatic heterocycles. The molecular formula is C13H21NO2S. The van der Waals surface area contributed by atoms with E-state index in [1.165, 1.54) is 11.3 Å². The molecule has 3 nitrogen and oxygen atoms in total. The number of nitrogen functional groups attached to an aromatic ring is 1. The van der Waals surface area contributed by atoms with Crippen molar-refractivity contribution in [2.75, 3.05) is 5.73 Å². The molecule has 1 heterocycles. The summed E-state index contributed by atoms with van der Waals surface area (Å²) < 4.78 is 0.